The Bertz CT molecular complexity index is 373. The second kappa shape index (κ2) is 5.87. The number of carbonyl (C=O) groups excluding carboxylic acids is 1. The first-order valence-corrected chi connectivity index (χ1v) is 6.66. The predicted octanol–water partition coefficient (Wildman–Crippen LogP) is -0.0850. The highest BCUT2D eigenvalue weighted by Gasteiger charge is 2.44. The Labute approximate surface area is 112 Å². The minimum atomic E-state index is -0.963. The first-order valence-electron chi connectivity index (χ1n) is 6.66. The summed E-state index contributed by atoms with van der Waals surface area (Å²) in [6.07, 6.45) is 0.407. The molecule has 6 heteroatoms. The molecule has 2 aliphatic rings. The van der Waals surface area contributed by atoms with Crippen molar-refractivity contribution in [3.8, 4) is 6.07 Å². The fourth-order valence-corrected chi connectivity index (χ4v) is 2.71. The first kappa shape index (κ1) is 14.3. The Kier molecular flexibility index (Phi) is 4.40. The number of rotatable bonds is 2. The summed E-state index contributed by atoms with van der Waals surface area (Å²) >= 11 is 0. The second-order valence-corrected chi connectivity index (χ2v) is 5.27. The zero-order chi connectivity index (χ0) is 13.9. The van der Waals surface area contributed by atoms with Gasteiger partial charge in [-0.2, -0.15) is 5.26 Å². The highest BCUT2D eigenvalue weighted by molar-refractivity contribution is 5.85. The second-order valence-electron chi connectivity index (χ2n) is 5.27. The molecule has 2 fully saturated rings. The van der Waals surface area contributed by atoms with Crippen LogP contribution in [0.15, 0.2) is 0 Å². The molecule has 0 aromatic rings. The summed E-state index contributed by atoms with van der Waals surface area (Å²) in [5.41, 5.74) is -0.963. The van der Waals surface area contributed by atoms with Crippen molar-refractivity contribution in [2.45, 2.75) is 32.0 Å². The number of amides is 1. The molecule has 19 heavy (non-hydrogen) atoms. The van der Waals surface area contributed by atoms with Gasteiger partial charge >= 0.3 is 0 Å². The third-order valence-electron chi connectivity index (χ3n) is 3.79. The molecule has 6 nitrogen and oxygen atoms in total. The molecule has 1 amide bonds. The normalized spacial score (nSPS) is 30.7. The van der Waals surface area contributed by atoms with Gasteiger partial charge in [0.05, 0.1) is 24.9 Å². The Morgan fingerprint density at radius 3 is 2.74 bits per heavy atom. The zero-order valence-electron chi connectivity index (χ0n) is 11.2. The van der Waals surface area contributed by atoms with Crippen LogP contribution >= 0.6 is 0 Å². The van der Waals surface area contributed by atoms with Gasteiger partial charge in [0.25, 0.3) is 0 Å². The van der Waals surface area contributed by atoms with Crippen LogP contribution in [-0.4, -0.2) is 61.0 Å². The molecule has 2 rings (SSSR count). The Morgan fingerprint density at radius 2 is 2.16 bits per heavy atom. The van der Waals surface area contributed by atoms with E-state index in [1.807, 2.05) is 6.92 Å². The number of carbonyl (C=O) groups is 1. The molecular weight excluding hydrogens is 248 g/mol. The summed E-state index contributed by atoms with van der Waals surface area (Å²) < 4.78 is 10.8. The van der Waals surface area contributed by atoms with Crippen molar-refractivity contribution in [1.29, 1.82) is 5.26 Å². The van der Waals surface area contributed by atoms with E-state index in [1.54, 1.807) is 4.90 Å². The first-order chi connectivity index (χ1) is 9.11. The summed E-state index contributed by atoms with van der Waals surface area (Å²) in [7, 11) is 0. The van der Waals surface area contributed by atoms with Crippen LogP contribution < -0.4 is 0 Å². The monoisotopic (exact) mass is 268 g/mol. The van der Waals surface area contributed by atoms with Gasteiger partial charge in [-0.05, 0) is 19.8 Å². The molecule has 0 radical (unpaired) electrons. The Balaban J connectivity index is 2.11. The molecule has 0 aromatic heterocycles. The largest absolute Gasteiger partial charge is 0.394 e. The molecule has 2 unspecified atom stereocenters. The average molecular weight is 268 g/mol. The lowest BCUT2D eigenvalue weighted by molar-refractivity contribution is -0.158. The summed E-state index contributed by atoms with van der Waals surface area (Å²) in [6.45, 7) is 3.47. The van der Waals surface area contributed by atoms with Crippen molar-refractivity contribution >= 4 is 5.91 Å². The van der Waals surface area contributed by atoms with Crippen molar-refractivity contribution < 1.29 is 19.4 Å². The minimum absolute atomic E-state index is 0.114. The maximum absolute atomic E-state index is 12.6. The number of aliphatic hydroxyl groups excluding tert-OH is 1. The number of hydrogen-bond donors (Lipinski definition) is 1. The quantitative estimate of drug-likeness (QED) is 0.757. The number of aliphatic hydroxyl groups is 1. The molecule has 1 N–H and O–H groups in total. The van der Waals surface area contributed by atoms with E-state index in [-0.39, 0.29) is 24.7 Å². The van der Waals surface area contributed by atoms with E-state index < -0.39 is 5.41 Å². The van der Waals surface area contributed by atoms with E-state index >= 15 is 0 Å². The van der Waals surface area contributed by atoms with E-state index in [1.165, 1.54) is 0 Å². The van der Waals surface area contributed by atoms with Gasteiger partial charge in [0.15, 0.2) is 0 Å². The minimum Gasteiger partial charge on any atom is -0.394 e. The van der Waals surface area contributed by atoms with Crippen LogP contribution in [-0.2, 0) is 14.3 Å². The SMILES string of the molecule is CC1CN(C(=O)C2(C#N)CCOCC2)CC(CO)O1. The molecule has 0 spiro atoms. The maximum Gasteiger partial charge on any atom is 0.243 e. The van der Waals surface area contributed by atoms with E-state index in [9.17, 15) is 15.2 Å². The molecule has 2 aliphatic heterocycles. The van der Waals surface area contributed by atoms with Gasteiger partial charge in [0.2, 0.25) is 5.91 Å². The third-order valence-corrected chi connectivity index (χ3v) is 3.79. The van der Waals surface area contributed by atoms with Crippen molar-refractivity contribution in [3.05, 3.63) is 0 Å². The molecular formula is C13H20N2O4. The molecule has 106 valence electrons. The number of morpholine rings is 1. The van der Waals surface area contributed by atoms with Crippen LogP contribution in [0.2, 0.25) is 0 Å². The average Bonchev–Trinajstić information content (AvgIpc) is 2.46. The highest BCUT2D eigenvalue weighted by Crippen LogP contribution is 2.33. The zero-order valence-corrected chi connectivity index (χ0v) is 11.2. The predicted molar refractivity (Wildman–Crippen MR) is 66.1 cm³/mol. The lowest BCUT2D eigenvalue weighted by Gasteiger charge is -2.40. The lowest BCUT2D eigenvalue weighted by Crippen LogP contribution is -2.55. The van der Waals surface area contributed by atoms with E-state index in [2.05, 4.69) is 6.07 Å². The van der Waals surface area contributed by atoms with Crippen LogP contribution in [0, 0.1) is 16.7 Å². The van der Waals surface area contributed by atoms with Crippen LogP contribution in [0.25, 0.3) is 0 Å². The standard InChI is InChI=1S/C13H20N2O4/c1-10-6-15(7-11(8-16)19-10)12(17)13(9-14)2-4-18-5-3-13/h10-11,16H,2-8H2,1H3. The number of nitriles is 1. The number of hydrogen-bond acceptors (Lipinski definition) is 5. The summed E-state index contributed by atoms with van der Waals surface area (Å²) in [4.78, 5) is 14.3. The van der Waals surface area contributed by atoms with Gasteiger partial charge in [0, 0.05) is 26.3 Å². The molecule has 2 heterocycles. The van der Waals surface area contributed by atoms with Gasteiger partial charge in [0.1, 0.15) is 5.41 Å². The molecule has 2 saturated heterocycles. The van der Waals surface area contributed by atoms with Gasteiger partial charge in [-0.1, -0.05) is 0 Å². The molecule has 0 saturated carbocycles. The fraction of sp³-hybridized carbons (Fsp3) is 0.846. The van der Waals surface area contributed by atoms with E-state index in [0.29, 0.717) is 39.1 Å². The van der Waals surface area contributed by atoms with Crippen LogP contribution in [0.1, 0.15) is 19.8 Å². The van der Waals surface area contributed by atoms with Gasteiger partial charge in [-0.25, -0.2) is 0 Å². The Hall–Kier alpha value is -1.16. The molecule has 0 bridgehead atoms. The van der Waals surface area contributed by atoms with Crippen molar-refractivity contribution in [2.75, 3.05) is 32.9 Å². The number of nitrogens with zero attached hydrogens (tertiary/aromatic N) is 2. The van der Waals surface area contributed by atoms with Crippen molar-refractivity contribution in [3.63, 3.8) is 0 Å². The van der Waals surface area contributed by atoms with Crippen LogP contribution in [0.4, 0.5) is 0 Å². The molecule has 0 aliphatic carbocycles. The summed E-state index contributed by atoms with van der Waals surface area (Å²) in [5.74, 6) is -0.146. The van der Waals surface area contributed by atoms with E-state index in [4.69, 9.17) is 9.47 Å². The van der Waals surface area contributed by atoms with Gasteiger partial charge in [-0.15, -0.1) is 0 Å². The van der Waals surface area contributed by atoms with Crippen molar-refractivity contribution in [1.82, 2.24) is 4.90 Å². The topological polar surface area (TPSA) is 82.8 Å². The van der Waals surface area contributed by atoms with Crippen LogP contribution in [0.5, 0.6) is 0 Å². The lowest BCUT2D eigenvalue weighted by atomic mass is 9.80. The molecule has 0 aromatic carbocycles. The smallest absolute Gasteiger partial charge is 0.243 e. The maximum atomic E-state index is 12.6. The highest BCUT2D eigenvalue weighted by atomic mass is 16.5. The third kappa shape index (κ3) is 2.89. The molecule has 2 atom stereocenters. The fourth-order valence-electron chi connectivity index (χ4n) is 2.71. The Morgan fingerprint density at radius 1 is 1.47 bits per heavy atom. The van der Waals surface area contributed by atoms with Gasteiger partial charge < -0.3 is 19.5 Å². The summed E-state index contributed by atoms with van der Waals surface area (Å²) in [6, 6.07) is 2.19. The van der Waals surface area contributed by atoms with Crippen LogP contribution in [0.3, 0.4) is 0 Å². The van der Waals surface area contributed by atoms with Gasteiger partial charge in [-0.3, -0.25) is 4.79 Å². The van der Waals surface area contributed by atoms with E-state index in [0.717, 1.165) is 0 Å². The van der Waals surface area contributed by atoms with Crippen molar-refractivity contribution in [2.24, 2.45) is 5.41 Å². The number of ether oxygens (including phenoxy) is 2. The summed E-state index contributed by atoms with van der Waals surface area (Å²) in [5, 5.41) is 18.6.